The number of thiophene rings is 1. The molecule has 0 saturated heterocycles. The Hall–Kier alpha value is -2.19. The predicted octanol–water partition coefficient (Wildman–Crippen LogP) is 6.48. The van der Waals surface area contributed by atoms with Gasteiger partial charge in [0.05, 0.1) is 0 Å². The van der Waals surface area contributed by atoms with E-state index in [2.05, 4.69) is 44.2 Å². The molecule has 0 fully saturated rings. The number of aryl methyl sites for hydroxylation is 2. The topological polar surface area (TPSA) is 0 Å². The Labute approximate surface area is 132 Å². The lowest BCUT2D eigenvalue weighted by molar-refractivity contribution is 0.628. The molecule has 4 aromatic rings. The van der Waals surface area contributed by atoms with E-state index in [-0.39, 0.29) is 5.82 Å². The smallest absolute Gasteiger partial charge is 0.123 e. The van der Waals surface area contributed by atoms with Crippen LogP contribution in [0.1, 0.15) is 11.1 Å². The molecule has 0 saturated carbocycles. The van der Waals surface area contributed by atoms with Crippen molar-refractivity contribution in [2.24, 2.45) is 0 Å². The van der Waals surface area contributed by atoms with E-state index < -0.39 is 0 Å². The van der Waals surface area contributed by atoms with Crippen molar-refractivity contribution in [3.63, 3.8) is 0 Å². The van der Waals surface area contributed by atoms with Crippen LogP contribution in [0.3, 0.4) is 0 Å². The van der Waals surface area contributed by atoms with Gasteiger partial charge in [-0.05, 0) is 54.3 Å². The maximum Gasteiger partial charge on any atom is 0.123 e. The van der Waals surface area contributed by atoms with Gasteiger partial charge in [-0.15, -0.1) is 11.3 Å². The average Bonchev–Trinajstić information content (AvgIpc) is 2.90. The van der Waals surface area contributed by atoms with Gasteiger partial charge >= 0.3 is 0 Å². The van der Waals surface area contributed by atoms with Gasteiger partial charge in [-0.2, -0.15) is 0 Å². The van der Waals surface area contributed by atoms with Gasteiger partial charge in [-0.3, -0.25) is 0 Å². The molecular formula is C20H15FS. The molecule has 0 aliphatic carbocycles. The summed E-state index contributed by atoms with van der Waals surface area (Å²) < 4.78 is 15.7. The summed E-state index contributed by atoms with van der Waals surface area (Å²) in [5.74, 6) is -0.196. The molecule has 1 heterocycles. The summed E-state index contributed by atoms with van der Waals surface area (Å²) in [4.78, 5) is 0. The van der Waals surface area contributed by atoms with Crippen molar-refractivity contribution in [3.8, 4) is 11.1 Å². The second kappa shape index (κ2) is 4.92. The van der Waals surface area contributed by atoms with Crippen molar-refractivity contribution in [2.45, 2.75) is 13.8 Å². The highest BCUT2D eigenvalue weighted by atomic mass is 32.1. The second-order valence-corrected chi connectivity index (χ2v) is 6.76. The zero-order valence-corrected chi connectivity index (χ0v) is 13.3. The molecule has 0 N–H and O–H groups in total. The van der Waals surface area contributed by atoms with Gasteiger partial charge in [0.2, 0.25) is 0 Å². The standard InChI is InChI=1S/C20H15FS/c1-12-3-9-18-17-10-6-15(14-4-7-16(21)8-5-14)11-19(17)22-20(18)13(12)2/h3-11H,1-2H3. The summed E-state index contributed by atoms with van der Waals surface area (Å²) in [5, 5.41) is 2.63. The monoisotopic (exact) mass is 306 g/mol. The molecule has 22 heavy (non-hydrogen) atoms. The van der Waals surface area contributed by atoms with Crippen LogP contribution in [0.25, 0.3) is 31.3 Å². The van der Waals surface area contributed by atoms with Gasteiger partial charge in [-0.25, -0.2) is 4.39 Å². The van der Waals surface area contributed by atoms with E-state index in [0.29, 0.717) is 0 Å². The van der Waals surface area contributed by atoms with E-state index in [1.807, 2.05) is 23.5 Å². The molecule has 0 unspecified atom stereocenters. The normalized spacial score (nSPS) is 11.4. The minimum absolute atomic E-state index is 0.196. The lowest BCUT2D eigenvalue weighted by Crippen LogP contribution is -1.79. The summed E-state index contributed by atoms with van der Waals surface area (Å²) in [5.41, 5.74) is 4.88. The minimum atomic E-state index is -0.196. The van der Waals surface area contributed by atoms with Crippen molar-refractivity contribution in [2.75, 3.05) is 0 Å². The predicted molar refractivity (Wildman–Crippen MR) is 94.2 cm³/mol. The summed E-state index contributed by atoms with van der Waals surface area (Å²) in [6, 6.07) is 17.6. The molecule has 3 aromatic carbocycles. The molecule has 0 atom stereocenters. The maximum absolute atomic E-state index is 13.1. The number of hydrogen-bond acceptors (Lipinski definition) is 1. The number of rotatable bonds is 1. The first kappa shape index (κ1) is 13.5. The zero-order valence-electron chi connectivity index (χ0n) is 12.5. The largest absolute Gasteiger partial charge is 0.207 e. The molecule has 0 radical (unpaired) electrons. The highest BCUT2D eigenvalue weighted by Crippen LogP contribution is 2.38. The Kier molecular flexibility index (Phi) is 3.02. The summed E-state index contributed by atoms with van der Waals surface area (Å²) in [7, 11) is 0. The van der Waals surface area contributed by atoms with Gasteiger partial charge in [0.15, 0.2) is 0 Å². The molecule has 1 aromatic heterocycles. The van der Waals surface area contributed by atoms with Crippen LogP contribution in [-0.4, -0.2) is 0 Å². The fourth-order valence-corrected chi connectivity index (χ4v) is 4.19. The van der Waals surface area contributed by atoms with Crippen molar-refractivity contribution in [3.05, 3.63) is 71.5 Å². The molecule has 0 nitrogen and oxygen atoms in total. The van der Waals surface area contributed by atoms with E-state index in [1.165, 1.54) is 43.4 Å². The van der Waals surface area contributed by atoms with Crippen molar-refractivity contribution in [1.82, 2.24) is 0 Å². The number of halogens is 1. The lowest BCUT2D eigenvalue weighted by atomic mass is 10.0. The average molecular weight is 306 g/mol. The Morgan fingerprint density at radius 2 is 1.45 bits per heavy atom. The molecule has 0 aliphatic rings. The Balaban J connectivity index is 1.96. The number of hydrogen-bond donors (Lipinski definition) is 0. The minimum Gasteiger partial charge on any atom is -0.207 e. The van der Waals surface area contributed by atoms with Gasteiger partial charge in [0.25, 0.3) is 0 Å². The highest BCUT2D eigenvalue weighted by Gasteiger charge is 2.09. The van der Waals surface area contributed by atoms with Crippen LogP contribution in [0.15, 0.2) is 54.6 Å². The molecular weight excluding hydrogens is 291 g/mol. The maximum atomic E-state index is 13.1. The highest BCUT2D eigenvalue weighted by molar-refractivity contribution is 7.26. The summed E-state index contributed by atoms with van der Waals surface area (Å²) in [6.07, 6.45) is 0. The fourth-order valence-electron chi connectivity index (χ4n) is 2.89. The van der Waals surface area contributed by atoms with Crippen LogP contribution in [0.5, 0.6) is 0 Å². The molecule has 108 valence electrons. The third-order valence-electron chi connectivity index (χ3n) is 4.34. The van der Waals surface area contributed by atoms with Gasteiger partial charge < -0.3 is 0 Å². The van der Waals surface area contributed by atoms with Gasteiger partial charge in [0.1, 0.15) is 5.82 Å². The van der Waals surface area contributed by atoms with Crippen LogP contribution in [0, 0.1) is 19.7 Å². The van der Waals surface area contributed by atoms with Crippen molar-refractivity contribution < 1.29 is 4.39 Å². The molecule has 0 spiro atoms. The third kappa shape index (κ3) is 2.03. The van der Waals surface area contributed by atoms with Crippen LogP contribution < -0.4 is 0 Å². The van der Waals surface area contributed by atoms with E-state index in [1.54, 1.807) is 0 Å². The van der Waals surface area contributed by atoms with Crippen LogP contribution in [0.2, 0.25) is 0 Å². The number of fused-ring (bicyclic) bond motifs is 3. The molecule has 2 heteroatoms. The van der Waals surface area contributed by atoms with Crippen LogP contribution in [-0.2, 0) is 0 Å². The van der Waals surface area contributed by atoms with Gasteiger partial charge in [-0.1, -0.05) is 36.4 Å². The quantitative estimate of drug-likeness (QED) is 0.377. The first-order valence-corrected chi connectivity index (χ1v) is 8.13. The van der Waals surface area contributed by atoms with E-state index in [9.17, 15) is 4.39 Å². The molecule has 0 aliphatic heterocycles. The molecule has 0 amide bonds. The third-order valence-corrected chi connectivity index (χ3v) is 5.63. The van der Waals surface area contributed by atoms with E-state index in [4.69, 9.17) is 0 Å². The van der Waals surface area contributed by atoms with E-state index in [0.717, 1.165) is 11.1 Å². The first-order valence-electron chi connectivity index (χ1n) is 7.32. The Bertz CT molecular complexity index is 994. The van der Waals surface area contributed by atoms with Crippen LogP contribution in [0.4, 0.5) is 4.39 Å². The molecule has 4 rings (SSSR count). The zero-order chi connectivity index (χ0) is 15.3. The fraction of sp³-hybridized carbons (Fsp3) is 0.100. The number of benzene rings is 3. The summed E-state index contributed by atoms with van der Waals surface area (Å²) >= 11 is 1.84. The van der Waals surface area contributed by atoms with Crippen molar-refractivity contribution >= 4 is 31.5 Å². The van der Waals surface area contributed by atoms with Crippen LogP contribution >= 0.6 is 11.3 Å². The van der Waals surface area contributed by atoms with Gasteiger partial charge in [0, 0.05) is 20.2 Å². The molecule has 0 bridgehead atoms. The van der Waals surface area contributed by atoms with Crippen molar-refractivity contribution in [1.29, 1.82) is 0 Å². The Morgan fingerprint density at radius 3 is 2.23 bits per heavy atom. The lowest BCUT2D eigenvalue weighted by Gasteiger charge is -2.02. The SMILES string of the molecule is Cc1ccc2c(sc3cc(-c4ccc(F)cc4)ccc32)c1C. The van der Waals surface area contributed by atoms with E-state index >= 15 is 0 Å². The Morgan fingerprint density at radius 1 is 0.773 bits per heavy atom. The first-order chi connectivity index (χ1) is 10.6. The second-order valence-electron chi connectivity index (χ2n) is 5.70. The summed E-state index contributed by atoms with van der Waals surface area (Å²) in [6.45, 7) is 4.34.